The van der Waals surface area contributed by atoms with E-state index in [4.69, 9.17) is 14.7 Å². The minimum absolute atomic E-state index is 0.0517. The maximum absolute atomic E-state index is 14.5. The number of rotatable bonds is 7. The van der Waals surface area contributed by atoms with Gasteiger partial charge in [0.25, 0.3) is 5.91 Å². The molecule has 1 unspecified atom stereocenters. The molecule has 5 atom stereocenters. The van der Waals surface area contributed by atoms with Gasteiger partial charge < -0.3 is 14.5 Å². The van der Waals surface area contributed by atoms with Crippen LogP contribution < -0.4 is 9.64 Å². The Balaban J connectivity index is 1.17. The van der Waals surface area contributed by atoms with E-state index in [1.165, 1.54) is 34.4 Å². The van der Waals surface area contributed by atoms with Crippen molar-refractivity contribution in [3.8, 4) is 23.2 Å². The quantitative estimate of drug-likeness (QED) is 0.311. The molecule has 3 aliphatic heterocycles. The van der Waals surface area contributed by atoms with Gasteiger partial charge in [0.05, 0.1) is 29.6 Å². The van der Waals surface area contributed by atoms with Gasteiger partial charge in [0.2, 0.25) is 0 Å². The van der Waals surface area contributed by atoms with Crippen molar-refractivity contribution in [1.82, 2.24) is 19.8 Å². The largest absolute Gasteiger partial charge is 0.461 e. The fourth-order valence-corrected chi connectivity index (χ4v) is 8.92. The molecule has 46 heavy (non-hydrogen) atoms. The van der Waals surface area contributed by atoms with E-state index < -0.39 is 23.9 Å². The number of ether oxygens (including phenoxy) is 1. The Morgan fingerprint density at radius 3 is 2.85 bits per heavy atom. The summed E-state index contributed by atoms with van der Waals surface area (Å²) in [5, 5.41) is 10.4. The molecular formula is C36H38F2N6O2. The van der Waals surface area contributed by atoms with Crippen molar-refractivity contribution in [2.45, 2.75) is 68.6 Å². The molecule has 1 amide bonds. The van der Waals surface area contributed by atoms with E-state index in [0.29, 0.717) is 44.4 Å². The first kappa shape index (κ1) is 29.3. The Kier molecular flexibility index (Phi) is 7.20. The van der Waals surface area contributed by atoms with Gasteiger partial charge >= 0.3 is 6.01 Å². The van der Waals surface area contributed by atoms with E-state index in [-0.39, 0.29) is 24.5 Å². The Labute approximate surface area is 267 Å². The molecule has 4 fully saturated rings. The lowest BCUT2D eigenvalue weighted by molar-refractivity contribution is -0.131. The number of hydrogen-bond donors (Lipinski definition) is 0. The topological polar surface area (TPSA) is 85.6 Å². The summed E-state index contributed by atoms with van der Waals surface area (Å²) in [5.41, 5.74) is 5.67. The molecule has 238 valence electrons. The second-order valence-electron chi connectivity index (χ2n) is 13.8. The summed E-state index contributed by atoms with van der Waals surface area (Å²) in [6, 6.07) is 14.8. The predicted octanol–water partition coefficient (Wildman–Crippen LogP) is 5.72. The molecule has 8 rings (SSSR count). The normalized spacial score (nSPS) is 28.4. The molecule has 0 spiro atoms. The molecular weight excluding hydrogens is 586 g/mol. The lowest BCUT2D eigenvalue weighted by Gasteiger charge is -2.41. The summed E-state index contributed by atoms with van der Waals surface area (Å²) in [4.78, 5) is 28.0. The van der Waals surface area contributed by atoms with Gasteiger partial charge in [-0.05, 0) is 84.9 Å². The van der Waals surface area contributed by atoms with Gasteiger partial charge in [-0.3, -0.25) is 9.69 Å². The van der Waals surface area contributed by atoms with Crippen molar-refractivity contribution in [1.29, 1.82) is 5.26 Å². The highest BCUT2D eigenvalue weighted by molar-refractivity contribution is 5.94. The fraction of sp³-hybridized carbons (Fsp3) is 0.500. The van der Waals surface area contributed by atoms with Crippen LogP contribution in [-0.4, -0.2) is 82.8 Å². The summed E-state index contributed by atoms with van der Waals surface area (Å²) >= 11 is 0. The number of carbonyl (C=O) groups excluding carboxylic acids is 1. The Morgan fingerprint density at radius 1 is 1.15 bits per heavy atom. The minimum atomic E-state index is -1.03. The van der Waals surface area contributed by atoms with Crippen LogP contribution in [0.5, 0.6) is 6.01 Å². The number of piperazine rings is 1. The van der Waals surface area contributed by atoms with E-state index >= 15 is 0 Å². The zero-order chi connectivity index (χ0) is 31.6. The number of hydrogen-bond acceptors (Lipinski definition) is 7. The lowest BCUT2D eigenvalue weighted by atomic mass is 9.73. The zero-order valence-electron chi connectivity index (χ0n) is 25.9. The monoisotopic (exact) mass is 624 g/mol. The average Bonchev–Trinajstić information content (AvgIpc) is 3.65. The van der Waals surface area contributed by atoms with Crippen molar-refractivity contribution in [3.63, 3.8) is 0 Å². The van der Waals surface area contributed by atoms with Gasteiger partial charge in [0.15, 0.2) is 5.83 Å². The number of carbonyl (C=O) groups is 1. The van der Waals surface area contributed by atoms with Crippen LogP contribution in [0.15, 0.2) is 48.8 Å². The molecule has 10 heteroatoms. The molecule has 2 aliphatic carbocycles. The summed E-state index contributed by atoms with van der Waals surface area (Å²) < 4.78 is 34.7. The summed E-state index contributed by atoms with van der Waals surface area (Å²) in [5.74, 6) is 0.205. The van der Waals surface area contributed by atoms with Crippen molar-refractivity contribution in [3.05, 3.63) is 59.9 Å². The third kappa shape index (κ3) is 4.82. The van der Waals surface area contributed by atoms with Crippen molar-refractivity contribution in [2.75, 3.05) is 44.2 Å². The minimum Gasteiger partial charge on any atom is -0.461 e. The number of aromatic nitrogens is 2. The molecule has 1 aromatic heterocycles. The number of anilines is 1. The first-order valence-corrected chi connectivity index (χ1v) is 16.6. The second-order valence-corrected chi connectivity index (χ2v) is 13.8. The maximum Gasteiger partial charge on any atom is 0.319 e. The highest BCUT2D eigenvalue weighted by atomic mass is 19.1. The van der Waals surface area contributed by atoms with Crippen molar-refractivity contribution >= 4 is 22.6 Å². The predicted molar refractivity (Wildman–Crippen MR) is 171 cm³/mol. The second kappa shape index (κ2) is 11.3. The van der Waals surface area contributed by atoms with E-state index in [1.807, 2.05) is 4.90 Å². The Hall–Kier alpha value is -4.10. The van der Waals surface area contributed by atoms with Crippen molar-refractivity contribution in [2.24, 2.45) is 5.92 Å². The molecule has 2 aromatic carbocycles. The van der Waals surface area contributed by atoms with Gasteiger partial charge in [-0.15, -0.1) is 0 Å². The van der Waals surface area contributed by atoms with Crippen LogP contribution in [0.2, 0.25) is 0 Å². The number of nitriles is 1. The third-order valence-electron chi connectivity index (χ3n) is 11.3. The third-order valence-corrected chi connectivity index (χ3v) is 11.3. The summed E-state index contributed by atoms with van der Waals surface area (Å²) in [6.07, 6.45) is 5.21. The van der Waals surface area contributed by atoms with Crippen LogP contribution in [0.4, 0.5) is 14.6 Å². The van der Waals surface area contributed by atoms with Gasteiger partial charge in [0, 0.05) is 38.0 Å². The van der Waals surface area contributed by atoms with E-state index in [0.717, 1.165) is 48.2 Å². The number of benzene rings is 2. The van der Waals surface area contributed by atoms with Crippen molar-refractivity contribution < 1.29 is 18.3 Å². The molecule has 4 heterocycles. The van der Waals surface area contributed by atoms with Crippen LogP contribution in [0.25, 0.3) is 22.0 Å². The summed E-state index contributed by atoms with van der Waals surface area (Å²) in [6.45, 7) is 5.72. The van der Waals surface area contributed by atoms with E-state index in [2.05, 4.69) is 53.9 Å². The number of alkyl halides is 1. The molecule has 1 saturated carbocycles. The van der Waals surface area contributed by atoms with Gasteiger partial charge in [-0.2, -0.15) is 15.2 Å². The lowest BCUT2D eigenvalue weighted by Crippen LogP contribution is -2.55. The highest BCUT2D eigenvalue weighted by Crippen LogP contribution is 2.54. The SMILES string of the molecule is C=C(F)C(=O)N1CCN(c2nc(OCC34CCCN3C[C@H](F)C4)nc3cc(-c4cccc5c4[C@@H]4CC[C@@H]4C5)ccc23)C[C@@H]1CC#N. The zero-order valence-corrected chi connectivity index (χ0v) is 25.9. The van der Waals surface area contributed by atoms with Crippen LogP contribution in [0.1, 0.15) is 55.6 Å². The fourth-order valence-electron chi connectivity index (χ4n) is 8.92. The van der Waals surface area contributed by atoms with E-state index in [1.54, 1.807) is 0 Å². The van der Waals surface area contributed by atoms with Gasteiger partial charge in [0.1, 0.15) is 18.6 Å². The Bertz CT molecular complexity index is 1780. The van der Waals surface area contributed by atoms with Gasteiger partial charge in [-0.1, -0.05) is 30.8 Å². The Morgan fingerprint density at radius 2 is 2.04 bits per heavy atom. The number of halogens is 2. The standard InChI is InChI=1S/C36H38F2N6O2/c1-22(37)34(45)44-15-14-42(20-27(44)10-12-39)33-30-9-7-24(28-5-2-4-25-16-23-6-8-29(23)32(25)28)17-31(30)40-35(41-33)46-21-36-11-3-13-43(36)19-26(38)18-36/h2,4-5,7,9,17,23,26-27,29H,1,3,6,8,10-11,13-16,18-21H2/t23-,26-,27+,29-,36?/m1/s1. The molecule has 0 bridgehead atoms. The number of fused-ring (bicyclic) bond motifs is 5. The average molecular weight is 625 g/mol. The van der Waals surface area contributed by atoms with Crippen LogP contribution in [-0.2, 0) is 11.2 Å². The van der Waals surface area contributed by atoms with Crippen LogP contribution in [0.3, 0.4) is 0 Å². The molecule has 8 nitrogen and oxygen atoms in total. The summed E-state index contributed by atoms with van der Waals surface area (Å²) in [7, 11) is 0. The van der Waals surface area contributed by atoms with Crippen LogP contribution in [0, 0.1) is 17.2 Å². The number of nitrogens with zero attached hydrogens (tertiary/aromatic N) is 6. The first-order valence-electron chi connectivity index (χ1n) is 16.6. The molecule has 0 radical (unpaired) electrons. The molecule has 3 aromatic rings. The smallest absolute Gasteiger partial charge is 0.319 e. The van der Waals surface area contributed by atoms with Crippen LogP contribution >= 0.6 is 0 Å². The molecule has 5 aliphatic rings. The molecule has 0 N–H and O–H groups in total. The molecule has 3 saturated heterocycles. The van der Waals surface area contributed by atoms with Gasteiger partial charge in [-0.25, -0.2) is 8.78 Å². The number of amides is 1. The maximum atomic E-state index is 14.5. The van der Waals surface area contributed by atoms with E-state index in [9.17, 15) is 18.8 Å². The highest BCUT2D eigenvalue weighted by Gasteiger charge is 2.49. The first-order chi connectivity index (χ1) is 22.3.